The maximum atomic E-state index is 13.3. The minimum Gasteiger partial charge on any atom is -0.365 e. The normalized spacial score (nSPS) is 11.2. The molecule has 0 amide bonds. The Labute approximate surface area is 151 Å². The summed E-state index contributed by atoms with van der Waals surface area (Å²) in [7, 11) is 3.65. The average Bonchev–Trinajstić information content (AvgIpc) is 2.70. The second-order valence-electron chi connectivity index (χ2n) is 6.26. The van der Waals surface area contributed by atoms with Gasteiger partial charge in [0.25, 0.3) is 0 Å². The van der Waals surface area contributed by atoms with Gasteiger partial charge in [-0.25, -0.2) is 0 Å². The molecule has 0 aliphatic carbocycles. The van der Waals surface area contributed by atoms with E-state index in [0.717, 1.165) is 38.6 Å². The number of nitrogens with one attached hydrogen (secondary N) is 1. The molecule has 0 saturated carbocycles. The zero-order valence-corrected chi connectivity index (χ0v) is 14.8. The van der Waals surface area contributed by atoms with Gasteiger partial charge in [-0.3, -0.25) is 4.79 Å². The van der Waals surface area contributed by atoms with Gasteiger partial charge in [0.2, 0.25) is 0 Å². The highest BCUT2D eigenvalue weighted by Gasteiger charge is 2.14. The summed E-state index contributed by atoms with van der Waals surface area (Å²) in [5.41, 5.74) is 4.78. The van der Waals surface area contributed by atoms with Crippen molar-refractivity contribution in [1.82, 2.24) is 4.57 Å². The molecule has 1 heterocycles. The quantitative estimate of drug-likeness (QED) is 0.441. The van der Waals surface area contributed by atoms with E-state index in [9.17, 15) is 4.79 Å². The molecule has 0 spiro atoms. The van der Waals surface area contributed by atoms with Gasteiger partial charge in [0.05, 0.1) is 16.4 Å². The van der Waals surface area contributed by atoms with Crippen LogP contribution >= 0.6 is 0 Å². The molecule has 0 aliphatic heterocycles. The van der Waals surface area contributed by atoms with Gasteiger partial charge in [-0.15, -0.1) is 0 Å². The molecule has 4 rings (SSSR count). The summed E-state index contributed by atoms with van der Waals surface area (Å²) in [6.07, 6.45) is 0. The lowest BCUT2D eigenvalue weighted by Crippen LogP contribution is -2.10. The summed E-state index contributed by atoms with van der Waals surface area (Å²) >= 11 is 0. The Balaban J connectivity index is 2.09. The zero-order chi connectivity index (χ0) is 18.1. The van der Waals surface area contributed by atoms with Crippen molar-refractivity contribution in [3.63, 3.8) is 0 Å². The Kier molecular flexibility index (Phi) is 4.19. The van der Waals surface area contributed by atoms with Gasteiger partial charge in [-0.1, -0.05) is 42.5 Å². The van der Waals surface area contributed by atoms with Crippen LogP contribution in [0, 0.1) is 0 Å². The number of rotatable bonds is 4. The smallest absolute Gasteiger partial charge is 0.197 e. The molecule has 4 nitrogen and oxygen atoms in total. The lowest BCUT2D eigenvalue weighted by atomic mass is 9.97. The number of aryl methyl sites for hydroxylation is 1. The van der Waals surface area contributed by atoms with E-state index in [-0.39, 0.29) is 5.43 Å². The first-order valence-corrected chi connectivity index (χ1v) is 8.55. The Morgan fingerprint density at radius 3 is 2.42 bits per heavy atom. The van der Waals surface area contributed by atoms with Gasteiger partial charge in [0.1, 0.15) is 6.73 Å². The van der Waals surface area contributed by atoms with Crippen molar-refractivity contribution in [1.29, 1.82) is 0 Å². The van der Waals surface area contributed by atoms with Crippen LogP contribution in [-0.4, -0.2) is 18.4 Å². The first kappa shape index (κ1) is 16.4. The number of fused-ring (bicyclic) bond motifs is 2. The van der Waals surface area contributed by atoms with Crippen LogP contribution in [0.15, 0.2) is 71.5 Å². The molecular formula is C22H20N2O2. The van der Waals surface area contributed by atoms with Crippen molar-refractivity contribution in [2.75, 3.05) is 19.2 Å². The van der Waals surface area contributed by atoms with E-state index in [1.807, 2.05) is 73.8 Å². The van der Waals surface area contributed by atoms with Crippen LogP contribution < -0.4 is 10.7 Å². The Hall–Kier alpha value is -3.11. The second kappa shape index (κ2) is 6.65. The fourth-order valence-electron chi connectivity index (χ4n) is 3.53. The summed E-state index contributed by atoms with van der Waals surface area (Å²) in [5.74, 6) is 0. The number of para-hydroxylation sites is 2. The van der Waals surface area contributed by atoms with Gasteiger partial charge in [0.15, 0.2) is 5.43 Å². The summed E-state index contributed by atoms with van der Waals surface area (Å²) < 4.78 is 7.23. The molecule has 0 fully saturated rings. The van der Waals surface area contributed by atoms with Crippen LogP contribution in [0.4, 0.5) is 5.69 Å². The van der Waals surface area contributed by atoms with Crippen LogP contribution in [0.5, 0.6) is 0 Å². The third-order valence-electron chi connectivity index (χ3n) is 4.77. The Morgan fingerprint density at radius 1 is 0.885 bits per heavy atom. The van der Waals surface area contributed by atoms with E-state index in [2.05, 4.69) is 9.88 Å². The molecule has 1 aromatic heterocycles. The SMILES string of the molecule is COCNc1ccccc1-c1cccc2c1c(=O)c1ccccc1n2C. The van der Waals surface area contributed by atoms with E-state index in [1.165, 1.54) is 0 Å². The molecule has 0 unspecified atom stereocenters. The van der Waals surface area contributed by atoms with Gasteiger partial charge in [0, 0.05) is 30.8 Å². The fourth-order valence-corrected chi connectivity index (χ4v) is 3.53. The molecular weight excluding hydrogens is 324 g/mol. The van der Waals surface area contributed by atoms with Gasteiger partial charge < -0.3 is 14.6 Å². The summed E-state index contributed by atoms with van der Waals surface area (Å²) in [6.45, 7) is 0.405. The standard InChI is InChI=1S/C22H20N2O2/c1-24-19-12-6-4-9-17(19)22(25)21-16(10-7-13-20(21)24)15-8-3-5-11-18(15)23-14-26-2/h3-13,23H,14H2,1-2H3. The second-order valence-corrected chi connectivity index (χ2v) is 6.26. The number of ether oxygens (including phenoxy) is 1. The predicted octanol–water partition coefficient (Wildman–Crippen LogP) is 4.37. The first-order valence-electron chi connectivity index (χ1n) is 8.55. The molecule has 130 valence electrons. The van der Waals surface area contributed by atoms with Crippen molar-refractivity contribution in [3.05, 3.63) is 77.0 Å². The van der Waals surface area contributed by atoms with E-state index in [4.69, 9.17) is 4.74 Å². The highest BCUT2D eigenvalue weighted by molar-refractivity contribution is 6.03. The molecule has 0 radical (unpaired) electrons. The van der Waals surface area contributed by atoms with Gasteiger partial charge in [-0.05, 0) is 29.8 Å². The number of methoxy groups -OCH3 is 1. The highest BCUT2D eigenvalue weighted by atomic mass is 16.5. The van der Waals surface area contributed by atoms with Crippen molar-refractivity contribution in [2.24, 2.45) is 7.05 Å². The first-order chi connectivity index (χ1) is 12.7. The summed E-state index contributed by atoms with van der Waals surface area (Å²) in [4.78, 5) is 13.3. The highest BCUT2D eigenvalue weighted by Crippen LogP contribution is 2.33. The number of hydrogen-bond donors (Lipinski definition) is 1. The van der Waals surface area contributed by atoms with Crippen molar-refractivity contribution in [2.45, 2.75) is 0 Å². The lowest BCUT2D eigenvalue weighted by Gasteiger charge is -2.16. The molecule has 1 N–H and O–H groups in total. The third kappa shape index (κ3) is 2.55. The van der Waals surface area contributed by atoms with Gasteiger partial charge >= 0.3 is 0 Å². The molecule has 3 aromatic carbocycles. The van der Waals surface area contributed by atoms with Crippen LogP contribution in [0.1, 0.15) is 0 Å². The van der Waals surface area contributed by atoms with E-state index < -0.39 is 0 Å². The van der Waals surface area contributed by atoms with Crippen LogP contribution in [0.3, 0.4) is 0 Å². The molecule has 4 heteroatoms. The predicted molar refractivity (Wildman–Crippen MR) is 108 cm³/mol. The Bertz CT molecular complexity index is 1160. The van der Waals surface area contributed by atoms with E-state index >= 15 is 0 Å². The zero-order valence-electron chi connectivity index (χ0n) is 14.8. The van der Waals surface area contributed by atoms with Crippen molar-refractivity contribution >= 4 is 27.5 Å². The maximum Gasteiger partial charge on any atom is 0.197 e. The topological polar surface area (TPSA) is 43.3 Å². The minimum atomic E-state index is 0.0610. The number of aromatic nitrogens is 1. The molecule has 0 bridgehead atoms. The number of pyridine rings is 1. The molecule has 0 atom stereocenters. The molecule has 4 aromatic rings. The number of benzene rings is 3. The van der Waals surface area contributed by atoms with Crippen molar-refractivity contribution in [3.8, 4) is 11.1 Å². The Morgan fingerprint density at radius 2 is 1.58 bits per heavy atom. The lowest BCUT2D eigenvalue weighted by molar-refractivity contribution is 0.221. The fraction of sp³-hybridized carbons (Fsp3) is 0.136. The van der Waals surface area contributed by atoms with E-state index in [1.54, 1.807) is 7.11 Å². The molecule has 0 aliphatic rings. The van der Waals surface area contributed by atoms with Crippen LogP contribution in [0.2, 0.25) is 0 Å². The number of nitrogens with zero attached hydrogens (tertiary/aromatic N) is 1. The van der Waals surface area contributed by atoms with E-state index in [0.29, 0.717) is 6.73 Å². The molecule has 0 saturated heterocycles. The van der Waals surface area contributed by atoms with Crippen molar-refractivity contribution < 1.29 is 4.74 Å². The number of anilines is 1. The molecule has 26 heavy (non-hydrogen) atoms. The third-order valence-corrected chi connectivity index (χ3v) is 4.77. The largest absolute Gasteiger partial charge is 0.365 e. The van der Waals surface area contributed by atoms with Gasteiger partial charge in [-0.2, -0.15) is 0 Å². The monoisotopic (exact) mass is 344 g/mol. The van der Waals surface area contributed by atoms with Crippen LogP contribution in [0.25, 0.3) is 32.9 Å². The maximum absolute atomic E-state index is 13.3. The minimum absolute atomic E-state index is 0.0610. The number of hydrogen-bond acceptors (Lipinski definition) is 3. The van der Waals surface area contributed by atoms with Crippen LogP contribution in [-0.2, 0) is 11.8 Å². The summed E-state index contributed by atoms with van der Waals surface area (Å²) in [6, 6.07) is 21.7. The summed E-state index contributed by atoms with van der Waals surface area (Å²) in [5, 5.41) is 4.74. The average molecular weight is 344 g/mol.